The van der Waals surface area contributed by atoms with Gasteiger partial charge in [-0.25, -0.2) is 5.48 Å². The van der Waals surface area contributed by atoms with Crippen LogP contribution >= 0.6 is 0 Å². The van der Waals surface area contributed by atoms with Crippen LogP contribution in [0.5, 0.6) is 0 Å². The minimum atomic E-state index is -0.561. The fourth-order valence-corrected chi connectivity index (χ4v) is 3.68. The molecule has 0 aliphatic rings. The molecule has 3 rings (SSSR count). The van der Waals surface area contributed by atoms with Gasteiger partial charge in [-0.05, 0) is 48.6 Å². The summed E-state index contributed by atoms with van der Waals surface area (Å²) in [6, 6.07) is 16.1. The largest absolute Gasteiger partial charge is 0.358 e. The Morgan fingerprint density at radius 2 is 1.93 bits per heavy atom. The van der Waals surface area contributed by atoms with E-state index in [-0.39, 0.29) is 5.92 Å². The molecule has 0 unspecified atom stereocenters. The number of amides is 1. The van der Waals surface area contributed by atoms with Crippen LogP contribution in [0.3, 0.4) is 0 Å². The van der Waals surface area contributed by atoms with E-state index in [1.54, 1.807) is 11.6 Å². The van der Waals surface area contributed by atoms with E-state index in [4.69, 9.17) is 10.6 Å². The van der Waals surface area contributed by atoms with Crippen LogP contribution in [0.4, 0.5) is 0 Å². The molecule has 3 aromatic rings. The van der Waals surface area contributed by atoms with Crippen molar-refractivity contribution < 1.29 is 10.0 Å². The third kappa shape index (κ3) is 5.00. The van der Waals surface area contributed by atoms with Crippen molar-refractivity contribution in [1.82, 2.24) is 10.5 Å². The molecule has 1 amide bonds. The minimum absolute atomic E-state index is 0.195. The highest BCUT2D eigenvalue weighted by molar-refractivity contribution is 5.91. The van der Waals surface area contributed by atoms with Gasteiger partial charge >= 0.3 is 0 Å². The van der Waals surface area contributed by atoms with E-state index in [1.807, 2.05) is 30.3 Å². The lowest BCUT2D eigenvalue weighted by Crippen LogP contribution is -2.18. The highest BCUT2D eigenvalue weighted by atomic mass is 16.5. The third-order valence-electron chi connectivity index (χ3n) is 5.37. The molecule has 0 saturated carbocycles. The number of para-hydroxylation sites is 1. The number of aromatic amines is 1. The molecular weight excluding hydrogens is 362 g/mol. The van der Waals surface area contributed by atoms with Crippen molar-refractivity contribution in [1.29, 1.82) is 5.41 Å². The molecule has 0 aliphatic heterocycles. The second kappa shape index (κ2) is 9.34. The second-order valence-corrected chi connectivity index (χ2v) is 7.34. The second-order valence-electron chi connectivity index (χ2n) is 7.34. The topological polar surface area (TPSA) is 89.0 Å². The normalized spacial score (nSPS) is 12.4. The smallest absolute Gasteiger partial charge is 0.267 e. The van der Waals surface area contributed by atoms with Crippen molar-refractivity contribution in [3.05, 3.63) is 77.0 Å². The Morgan fingerprint density at radius 3 is 2.62 bits per heavy atom. The van der Waals surface area contributed by atoms with Gasteiger partial charge in [0.2, 0.25) is 0 Å². The molecule has 5 nitrogen and oxygen atoms in total. The minimum Gasteiger partial charge on any atom is -0.358 e. The van der Waals surface area contributed by atoms with Gasteiger partial charge in [0.1, 0.15) is 0 Å². The maximum Gasteiger partial charge on any atom is 0.267 e. The van der Waals surface area contributed by atoms with Crippen LogP contribution in [0.25, 0.3) is 17.0 Å². The van der Waals surface area contributed by atoms with Gasteiger partial charge < -0.3 is 10.4 Å². The van der Waals surface area contributed by atoms with Crippen LogP contribution in [0.1, 0.15) is 35.7 Å². The number of hydrogen-bond acceptors (Lipinski definition) is 3. The molecule has 2 aromatic carbocycles. The summed E-state index contributed by atoms with van der Waals surface area (Å²) in [6.45, 7) is 4.25. The maximum absolute atomic E-state index is 11.1. The lowest BCUT2D eigenvalue weighted by Gasteiger charge is -2.17. The number of hydrogen-bond donors (Lipinski definition) is 4. The highest BCUT2D eigenvalue weighted by Gasteiger charge is 2.18. The average molecular weight is 389 g/mol. The Balaban J connectivity index is 1.69. The molecule has 0 spiro atoms. The van der Waals surface area contributed by atoms with Gasteiger partial charge in [-0.15, -0.1) is 0 Å². The number of benzene rings is 2. The molecule has 0 fully saturated rings. The van der Waals surface area contributed by atoms with E-state index in [0.717, 1.165) is 35.2 Å². The molecule has 0 radical (unpaired) electrons. The standard InChI is InChI=1S/C24H27N3O2/c1-3-19(15-21-16(2)26-23-7-5-4-6-20(21)23)22(25)14-18-10-8-17(9-11-18)12-13-24(28)27-29/h4-13,19,25-26,29H,3,14-15H2,1-2H3,(H,27,28)/t19-/m1/s1. The number of carbonyl (C=O) groups is 1. The monoisotopic (exact) mass is 389 g/mol. The summed E-state index contributed by atoms with van der Waals surface area (Å²) in [7, 11) is 0. The lowest BCUT2D eigenvalue weighted by molar-refractivity contribution is -0.124. The fraction of sp³-hybridized carbons (Fsp3) is 0.250. The Kier molecular flexibility index (Phi) is 6.62. The first-order valence-corrected chi connectivity index (χ1v) is 9.86. The Labute approximate surface area is 170 Å². The number of aryl methyl sites for hydroxylation is 1. The first-order valence-electron chi connectivity index (χ1n) is 9.86. The van der Waals surface area contributed by atoms with Gasteiger partial charge in [-0.1, -0.05) is 49.4 Å². The summed E-state index contributed by atoms with van der Waals surface area (Å²) >= 11 is 0. The number of H-pyrrole nitrogens is 1. The zero-order valence-corrected chi connectivity index (χ0v) is 16.8. The van der Waals surface area contributed by atoms with Crippen molar-refractivity contribution in [2.75, 3.05) is 0 Å². The van der Waals surface area contributed by atoms with E-state index >= 15 is 0 Å². The summed E-state index contributed by atoms with van der Waals surface area (Å²) in [4.78, 5) is 14.5. The van der Waals surface area contributed by atoms with Crippen LogP contribution in [0.15, 0.2) is 54.6 Å². The van der Waals surface area contributed by atoms with Gasteiger partial charge in [-0.2, -0.15) is 0 Å². The third-order valence-corrected chi connectivity index (χ3v) is 5.37. The molecule has 29 heavy (non-hydrogen) atoms. The molecule has 1 atom stereocenters. The van der Waals surface area contributed by atoms with Crippen LogP contribution in [-0.4, -0.2) is 21.8 Å². The summed E-state index contributed by atoms with van der Waals surface area (Å²) in [6.07, 6.45) is 5.31. The Hall–Kier alpha value is -3.18. The maximum atomic E-state index is 11.1. The van der Waals surface area contributed by atoms with Gasteiger partial charge in [0.05, 0.1) is 0 Å². The molecule has 4 N–H and O–H groups in total. The predicted molar refractivity (Wildman–Crippen MR) is 117 cm³/mol. The molecular formula is C24H27N3O2. The van der Waals surface area contributed by atoms with Gasteiger partial charge in [-0.3, -0.25) is 10.0 Å². The average Bonchev–Trinajstić information content (AvgIpc) is 3.05. The summed E-state index contributed by atoms with van der Waals surface area (Å²) in [5.74, 6) is -0.366. The quantitative estimate of drug-likeness (QED) is 0.192. The van der Waals surface area contributed by atoms with Crippen molar-refractivity contribution >= 4 is 28.6 Å². The van der Waals surface area contributed by atoms with Crippen LogP contribution in [0.2, 0.25) is 0 Å². The van der Waals surface area contributed by atoms with E-state index < -0.39 is 5.91 Å². The first kappa shape index (κ1) is 20.6. The van der Waals surface area contributed by atoms with Crippen LogP contribution in [-0.2, 0) is 17.6 Å². The molecule has 1 heterocycles. The molecule has 0 bridgehead atoms. The van der Waals surface area contributed by atoms with Crippen molar-refractivity contribution in [2.24, 2.45) is 5.92 Å². The number of hydroxylamine groups is 1. The van der Waals surface area contributed by atoms with Crippen molar-refractivity contribution in [2.45, 2.75) is 33.1 Å². The van der Waals surface area contributed by atoms with Gasteiger partial charge in [0.25, 0.3) is 5.91 Å². The predicted octanol–water partition coefficient (Wildman–Crippen LogP) is 4.83. The Bertz CT molecular complexity index is 1030. The molecule has 0 saturated heterocycles. The summed E-state index contributed by atoms with van der Waals surface area (Å²) in [5, 5.41) is 18.4. The fourth-order valence-electron chi connectivity index (χ4n) is 3.68. The number of fused-ring (bicyclic) bond motifs is 1. The number of carbonyl (C=O) groups excluding carboxylic acids is 1. The molecule has 1 aromatic heterocycles. The van der Waals surface area contributed by atoms with Crippen molar-refractivity contribution in [3.63, 3.8) is 0 Å². The van der Waals surface area contributed by atoms with Crippen LogP contribution in [0, 0.1) is 18.3 Å². The van der Waals surface area contributed by atoms with Crippen molar-refractivity contribution in [3.8, 4) is 0 Å². The van der Waals surface area contributed by atoms with E-state index in [9.17, 15) is 4.79 Å². The lowest BCUT2D eigenvalue weighted by atomic mass is 9.88. The number of rotatable bonds is 8. The van der Waals surface area contributed by atoms with E-state index in [2.05, 4.69) is 37.0 Å². The Morgan fingerprint density at radius 1 is 1.21 bits per heavy atom. The molecule has 0 aliphatic carbocycles. The number of aromatic nitrogens is 1. The van der Waals surface area contributed by atoms with Gasteiger partial charge in [0, 0.05) is 40.7 Å². The molecule has 5 heteroatoms. The zero-order valence-electron chi connectivity index (χ0n) is 16.8. The van der Waals surface area contributed by atoms with E-state index in [0.29, 0.717) is 6.42 Å². The SMILES string of the molecule is CC[C@H](Cc1c(C)[nH]c2ccccc12)C(=N)Cc1ccc(C=CC(=O)NO)cc1. The highest BCUT2D eigenvalue weighted by Crippen LogP contribution is 2.26. The zero-order chi connectivity index (χ0) is 20.8. The molecule has 150 valence electrons. The first-order chi connectivity index (χ1) is 14.0. The van der Waals surface area contributed by atoms with Crippen LogP contribution < -0.4 is 5.48 Å². The van der Waals surface area contributed by atoms with Gasteiger partial charge in [0.15, 0.2) is 0 Å². The summed E-state index contributed by atoms with van der Waals surface area (Å²) in [5.41, 5.74) is 7.89. The number of nitrogens with one attached hydrogen (secondary N) is 3. The summed E-state index contributed by atoms with van der Waals surface area (Å²) < 4.78 is 0. The van der Waals surface area contributed by atoms with E-state index in [1.165, 1.54) is 22.7 Å².